The van der Waals surface area contributed by atoms with E-state index in [4.69, 9.17) is 0 Å². The summed E-state index contributed by atoms with van der Waals surface area (Å²) in [5, 5.41) is 11.8. The minimum atomic E-state index is -0.373. The molecule has 2 rings (SSSR count). The lowest BCUT2D eigenvalue weighted by Crippen LogP contribution is -2.42. The van der Waals surface area contributed by atoms with Gasteiger partial charge in [-0.2, -0.15) is 5.10 Å². The van der Waals surface area contributed by atoms with Gasteiger partial charge in [-0.3, -0.25) is 14.7 Å². The monoisotopic (exact) mass is 223 g/mol. The van der Waals surface area contributed by atoms with Crippen LogP contribution in [0.25, 0.3) is 0 Å². The molecule has 2 amide bonds. The Balaban J connectivity index is 1.70. The molecule has 1 aliphatic heterocycles. The van der Waals surface area contributed by atoms with Crippen molar-refractivity contribution < 1.29 is 9.59 Å². The zero-order valence-electron chi connectivity index (χ0n) is 8.69. The van der Waals surface area contributed by atoms with Crippen LogP contribution in [0.4, 0.5) is 0 Å². The molecule has 0 radical (unpaired) electrons. The molecule has 2 heterocycles. The van der Waals surface area contributed by atoms with Crippen molar-refractivity contribution in [2.24, 2.45) is 0 Å². The van der Waals surface area contributed by atoms with E-state index in [-0.39, 0.29) is 17.9 Å². The summed E-state index contributed by atoms with van der Waals surface area (Å²) in [5.41, 5.74) is 0. The topological polar surface area (TPSA) is 99.8 Å². The Morgan fingerprint density at radius 2 is 2.50 bits per heavy atom. The average Bonchev–Trinajstić information content (AvgIpc) is 2.89. The number of H-pyrrole nitrogens is 1. The second-order valence-electron chi connectivity index (χ2n) is 3.63. The van der Waals surface area contributed by atoms with Gasteiger partial charge >= 0.3 is 0 Å². The molecular weight excluding hydrogens is 210 g/mol. The van der Waals surface area contributed by atoms with Crippen LogP contribution < -0.4 is 10.6 Å². The third-order valence-corrected chi connectivity index (χ3v) is 2.44. The summed E-state index contributed by atoms with van der Waals surface area (Å²) in [6.07, 6.45) is 3.04. The molecule has 0 aliphatic carbocycles. The number of hydrogen-bond donors (Lipinski definition) is 3. The summed E-state index contributed by atoms with van der Waals surface area (Å²) in [6.45, 7) is 0.487. The molecule has 1 unspecified atom stereocenters. The summed E-state index contributed by atoms with van der Waals surface area (Å²) >= 11 is 0. The number of aromatic amines is 1. The van der Waals surface area contributed by atoms with Gasteiger partial charge in [0.15, 0.2) is 0 Å². The van der Waals surface area contributed by atoms with Crippen molar-refractivity contribution in [2.75, 3.05) is 6.54 Å². The zero-order chi connectivity index (χ0) is 11.4. The Hall–Kier alpha value is -1.92. The van der Waals surface area contributed by atoms with Gasteiger partial charge in [-0.25, -0.2) is 4.98 Å². The van der Waals surface area contributed by atoms with Gasteiger partial charge in [-0.05, 0) is 6.42 Å². The highest BCUT2D eigenvalue weighted by Crippen LogP contribution is 2.05. The predicted molar refractivity (Wildman–Crippen MR) is 54.3 cm³/mol. The number of aromatic nitrogens is 3. The third kappa shape index (κ3) is 2.56. The molecule has 1 atom stereocenters. The van der Waals surface area contributed by atoms with Crippen LogP contribution in [0.5, 0.6) is 0 Å². The molecule has 16 heavy (non-hydrogen) atoms. The van der Waals surface area contributed by atoms with Gasteiger partial charge in [-0.15, -0.1) is 0 Å². The van der Waals surface area contributed by atoms with E-state index < -0.39 is 0 Å². The first-order valence-electron chi connectivity index (χ1n) is 5.17. The van der Waals surface area contributed by atoms with E-state index in [0.29, 0.717) is 25.8 Å². The molecule has 0 saturated carbocycles. The van der Waals surface area contributed by atoms with Crippen LogP contribution in [0.15, 0.2) is 6.33 Å². The summed E-state index contributed by atoms with van der Waals surface area (Å²) < 4.78 is 0. The van der Waals surface area contributed by atoms with E-state index >= 15 is 0 Å². The number of nitrogens with zero attached hydrogens (tertiary/aromatic N) is 2. The lowest BCUT2D eigenvalue weighted by molar-refractivity contribution is -0.125. The lowest BCUT2D eigenvalue weighted by Gasteiger charge is -2.09. The minimum absolute atomic E-state index is 0.0598. The SMILES string of the molecule is O=C1CCC(C(=O)NCCc2ncn[nH]2)N1. The maximum atomic E-state index is 11.5. The highest BCUT2D eigenvalue weighted by Gasteiger charge is 2.26. The molecule has 86 valence electrons. The number of carbonyl (C=O) groups is 2. The maximum absolute atomic E-state index is 11.5. The molecule has 7 heteroatoms. The van der Waals surface area contributed by atoms with E-state index in [0.717, 1.165) is 5.82 Å². The fourth-order valence-electron chi connectivity index (χ4n) is 1.59. The van der Waals surface area contributed by atoms with Crippen LogP contribution in [0.1, 0.15) is 18.7 Å². The van der Waals surface area contributed by atoms with Crippen molar-refractivity contribution in [3.63, 3.8) is 0 Å². The van der Waals surface area contributed by atoms with Crippen molar-refractivity contribution in [3.05, 3.63) is 12.2 Å². The van der Waals surface area contributed by atoms with Crippen molar-refractivity contribution >= 4 is 11.8 Å². The molecule has 0 spiro atoms. The van der Waals surface area contributed by atoms with E-state index in [1.54, 1.807) is 0 Å². The first-order chi connectivity index (χ1) is 7.75. The summed E-state index contributed by atoms with van der Waals surface area (Å²) in [7, 11) is 0. The zero-order valence-corrected chi connectivity index (χ0v) is 8.69. The van der Waals surface area contributed by atoms with Gasteiger partial charge in [0.25, 0.3) is 0 Å². The van der Waals surface area contributed by atoms with E-state index in [1.807, 2.05) is 0 Å². The summed E-state index contributed by atoms with van der Waals surface area (Å²) in [6, 6.07) is -0.373. The van der Waals surface area contributed by atoms with Gasteiger partial charge in [-0.1, -0.05) is 0 Å². The second-order valence-corrected chi connectivity index (χ2v) is 3.63. The molecular formula is C9H13N5O2. The molecule has 0 aromatic carbocycles. The van der Waals surface area contributed by atoms with Crippen LogP contribution >= 0.6 is 0 Å². The molecule has 3 N–H and O–H groups in total. The Morgan fingerprint density at radius 1 is 1.62 bits per heavy atom. The van der Waals surface area contributed by atoms with Crippen LogP contribution in [0, 0.1) is 0 Å². The lowest BCUT2D eigenvalue weighted by atomic mass is 10.2. The predicted octanol–water partition coefficient (Wildman–Crippen LogP) is -1.26. The highest BCUT2D eigenvalue weighted by atomic mass is 16.2. The fourth-order valence-corrected chi connectivity index (χ4v) is 1.59. The smallest absolute Gasteiger partial charge is 0.242 e. The van der Waals surface area contributed by atoms with E-state index in [2.05, 4.69) is 25.8 Å². The van der Waals surface area contributed by atoms with Crippen molar-refractivity contribution in [2.45, 2.75) is 25.3 Å². The Bertz CT molecular complexity index is 375. The Labute approximate surface area is 92.0 Å². The van der Waals surface area contributed by atoms with Gasteiger partial charge in [0.2, 0.25) is 11.8 Å². The van der Waals surface area contributed by atoms with Crippen LogP contribution in [0.3, 0.4) is 0 Å². The Kier molecular flexibility index (Phi) is 3.13. The average molecular weight is 223 g/mol. The third-order valence-electron chi connectivity index (χ3n) is 2.44. The normalized spacial score (nSPS) is 19.5. The molecule has 1 aromatic rings. The van der Waals surface area contributed by atoms with Gasteiger partial charge in [0.1, 0.15) is 18.2 Å². The number of rotatable bonds is 4. The van der Waals surface area contributed by atoms with E-state index in [1.165, 1.54) is 6.33 Å². The highest BCUT2D eigenvalue weighted by molar-refractivity contribution is 5.90. The van der Waals surface area contributed by atoms with Gasteiger partial charge < -0.3 is 10.6 Å². The molecule has 1 fully saturated rings. The molecule has 1 aliphatic rings. The second kappa shape index (κ2) is 4.73. The fraction of sp³-hybridized carbons (Fsp3) is 0.556. The molecule has 1 saturated heterocycles. The standard InChI is InChI=1S/C9H13N5O2/c15-8-2-1-6(13-8)9(16)10-4-3-7-11-5-12-14-7/h5-6H,1-4H2,(H,10,16)(H,13,15)(H,11,12,14). The van der Waals surface area contributed by atoms with Crippen molar-refractivity contribution in [1.29, 1.82) is 0 Å². The quantitative estimate of drug-likeness (QED) is 0.593. The minimum Gasteiger partial charge on any atom is -0.354 e. The maximum Gasteiger partial charge on any atom is 0.242 e. The van der Waals surface area contributed by atoms with Crippen LogP contribution in [-0.2, 0) is 16.0 Å². The number of amides is 2. The van der Waals surface area contributed by atoms with Crippen LogP contribution in [0.2, 0.25) is 0 Å². The van der Waals surface area contributed by atoms with Crippen LogP contribution in [-0.4, -0.2) is 39.6 Å². The molecule has 1 aromatic heterocycles. The molecule has 0 bridgehead atoms. The van der Waals surface area contributed by atoms with Gasteiger partial charge in [0.05, 0.1) is 0 Å². The first-order valence-corrected chi connectivity index (χ1v) is 5.17. The van der Waals surface area contributed by atoms with Crippen molar-refractivity contribution in [1.82, 2.24) is 25.8 Å². The summed E-state index contributed by atoms with van der Waals surface area (Å²) in [4.78, 5) is 26.4. The van der Waals surface area contributed by atoms with Gasteiger partial charge in [0, 0.05) is 19.4 Å². The molecule has 7 nitrogen and oxygen atoms in total. The first kappa shape index (κ1) is 10.6. The Morgan fingerprint density at radius 3 is 3.12 bits per heavy atom. The van der Waals surface area contributed by atoms with E-state index in [9.17, 15) is 9.59 Å². The summed E-state index contributed by atoms with van der Waals surface area (Å²) in [5.74, 6) is 0.538. The number of carbonyl (C=O) groups excluding carboxylic acids is 2. The number of hydrogen-bond acceptors (Lipinski definition) is 4. The van der Waals surface area contributed by atoms with Crippen molar-refractivity contribution in [3.8, 4) is 0 Å². The largest absolute Gasteiger partial charge is 0.354 e. The number of nitrogens with one attached hydrogen (secondary N) is 3.